The molecule has 0 aliphatic heterocycles. The first-order valence-corrected chi connectivity index (χ1v) is 8.07. The molecule has 1 heterocycles. The summed E-state index contributed by atoms with van der Waals surface area (Å²) in [5.74, 6) is 0.497. The molecule has 2 aliphatic carbocycles. The molecule has 2 N–H and O–H groups in total. The predicted octanol–water partition coefficient (Wildman–Crippen LogP) is 2.41. The highest BCUT2D eigenvalue weighted by Gasteiger charge is 2.53. The van der Waals surface area contributed by atoms with E-state index in [1.54, 1.807) is 0 Å². The fraction of sp³-hybridized carbons (Fsp3) is 0.667. The minimum atomic E-state index is -0.415. The first-order chi connectivity index (χ1) is 10.6. The minimum Gasteiger partial charge on any atom is -0.469 e. The summed E-state index contributed by atoms with van der Waals surface area (Å²) in [6.07, 6.45) is 7.76. The maximum atomic E-state index is 12.1. The van der Waals surface area contributed by atoms with Crippen molar-refractivity contribution in [3.8, 4) is 0 Å². The van der Waals surface area contributed by atoms with Gasteiger partial charge in [-0.25, -0.2) is 4.98 Å². The Morgan fingerprint density at radius 2 is 2.18 bits per heavy atom. The number of carbonyl (C=O) groups is 1. The number of aromatic nitrogens is 2. The lowest BCUT2D eigenvalue weighted by Gasteiger charge is -2.33. The number of rotatable bonds is 5. The van der Waals surface area contributed by atoms with E-state index in [9.17, 15) is 4.79 Å². The zero-order chi connectivity index (χ0) is 15.7. The van der Waals surface area contributed by atoms with Crippen molar-refractivity contribution in [2.24, 2.45) is 5.41 Å². The number of esters is 1. The highest BCUT2D eigenvalue weighted by Crippen LogP contribution is 2.49. The van der Waals surface area contributed by atoms with Crippen molar-refractivity contribution in [2.75, 3.05) is 24.3 Å². The number of ether oxygens (including phenoxy) is 1. The van der Waals surface area contributed by atoms with Crippen LogP contribution in [0.2, 0.25) is 5.28 Å². The second kappa shape index (κ2) is 5.91. The molecule has 0 radical (unpaired) electrons. The van der Waals surface area contributed by atoms with Crippen LogP contribution in [0, 0.1) is 5.41 Å². The zero-order valence-corrected chi connectivity index (χ0v) is 13.5. The van der Waals surface area contributed by atoms with Gasteiger partial charge < -0.3 is 15.4 Å². The summed E-state index contributed by atoms with van der Waals surface area (Å²) in [7, 11) is 1.44. The lowest BCUT2D eigenvalue weighted by atomic mass is 10.0. The van der Waals surface area contributed by atoms with Crippen LogP contribution in [0.5, 0.6) is 0 Å². The Morgan fingerprint density at radius 1 is 1.50 bits per heavy atom. The summed E-state index contributed by atoms with van der Waals surface area (Å²) < 4.78 is 4.98. The second-order valence-corrected chi connectivity index (χ2v) is 6.59. The molecular weight excluding hydrogens is 304 g/mol. The number of nitrogens with zero attached hydrogens (tertiary/aromatic N) is 3. The van der Waals surface area contributed by atoms with E-state index >= 15 is 0 Å². The van der Waals surface area contributed by atoms with Crippen LogP contribution < -0.4 is 10.6 Å². The largest absolute Gasteiger partial charge is 0.469 e. The third kappa shape index (κ3) is 2.84. The van der Waals surface area contributed by atoms with Gasteiger partial charge in [0.05, 0.1) is 24.4 Å². The van der Waals surface area contributed by atoms with Crippen LogP contribution in [-0.2, 0) is 9.53 Å². The van der Waals surface area contributed by atoms with E-state index in [1.807, 2.05) is 0 Å². The molecule has 2 saturated carbocycles. The molecule has 2 fully saturated rings. The van der Waals surface area contributed by atoms with Crippen molar-refractivity contribution in [1.82, 2.24) is 9.97 Å². The Kier molecular flexibility index (Phi) is 4.12. The van der Waals surface area contributed by atoms with Crippen LogP contribution in [-0.4, -0.2) is 35.6 Å². The molecule has 1 aromatic rings. The molecule has 0 amide bonds. The van der Waals surface area contributed by atoms with E-state index in [0.29, 0.717) is 24.1 Å². The van der Waals surface area contributed by atoms with E-state index in [-0.39, 0.29) is 11.3 Å². The summed E-state index contributed by atoms with van der Waals surface area (Å²) in [6, 6.07) is 0.343. The number of methoxy groups -OCH3 is 1. The number of hydrogen-bond acceptors (Lipinski definition) is 6. The van der Waals surface area contributed by atoms with Gasteiger partial charge in [0, 0.05) is 12.6 Å². The number of halogens is 1. The van der Waals surface area contributed by atoms with E-state index in [4.69, 9.17) is 22.1 Å². The molecule has 0 bridgehead atoms. The molecular formula is C15H21ClN4O2. The first-order valence-electron chi connectivity index (χ1n) is 7.69. The van der Waals surface area contributed by atoms with Gasteiger partial charge in [-0.05, 0) is 37.3 Å². The van der Waals surface area contributed by atoms with Crippen molar-refractivity contribution in [3.63, 3.8) is 0 Å². The Balaban J connectivity index is 1.90. The van der Waals surface area contributed by atoms with E-state index in [1.165, 1.54) is 26.1 Å². The first kappa shape index (κ1) is 15.3. The summed E-state index contributed by atoms with van der Waals surface area (Å²) in [5.41, 5.74) is 6.15. The molecule has 0 aromatic carbocycles. The third-order valence-electron chi connectivity index (χ3n) is 4.75. The van der Waals surface area contributed by atoms with Crippen LogP contribution in [0.25, 0.3) is 0 Å². The standard InChI is InChI=1S/C15H21ClN4O2/c1-22-13(21)15(6-7-15)9-20(10-4-2-3-5-10)12-11(17)8-18-14(16)19-12/h8,10H,2-7,9,17H2,1H3. The van der Waals surface area contributed by atoms with Crippen molar-refractivity contribution in [2.45, 2.75) is 44.6 Å². The van der Waals surface area contributed by atoms with Gasteiger partial charge in [0.2, 0.25) is 5.28 Å². The average Bonchev–Trinajstić information content (AvgIpc) is 3.10. The fourth-order valence-corrected chi connectivity index (χ4v) is 3.43. The molecule has 2 aliphatic rings. The normalized spacial score (nSPS) is 19.9. The Morgan fingerprint density at radius 3 is 2.77 bits per heavy atom. The van der Waals surface area contributed by atoms with Gasteiger partial charge in [0.15, 0.2) is 5.82 Å². The van der Waals surface area contributed by atoms with Crippen LogP contribution in [0.15, 0.2) is 6.20 Å². The van der Waals surface area contributed by atoms with Gasteiger partial charge in [0.1, 0.15) is 0 Å². The van der Waals surface area contributed by atoms with Crippen LogP contribution in [0.1, 0.15) is 38.5 Å². The van der Waals surface area contributed by atoms with Gasteiger partial charge >= 0.3 is 5.97 Å². The van der Waals surface area contributed by atoms with Crippen molar-refractivity contribution in [1.29, 1.82) is 0 Å². The minimum absolute atomic E-state index is 0.144. The highest BCUT2D eigenvalue weighted by molar-refractivity contribution is 6.28. The molecule has 0 saturated heterocycles. The van der Waals surface area contributed by atoms with Crippen LogP contribution in [0.3, 0.4) is 0 Å². The van der Waals surface area contributed by atoms with Gasteiger partial charge in [-0.1, -0.05) is 12.8 Å². The van der Waals surface area contributed by atoms with Crippen molar-refractivity contribution >= 4 is 29.1 Å². The SMILES string of the molecule is COC(=O)C1(CN(c2nc(Cl)ncc2N)C2CCCC2)CC1. The fourth-order valence-electron chi connectivity index (χ4n) is 3.30. The molecule has 1 aromatic heterocycles. The van der Waals surface area contributed by atoms with Crippen LogP contribution >= 0.6 is 11.6 Å². The van der Waals surface area contributed by atoms with Gasteiger partial charge in [-0.3, -0.25) is 4.79 Å². The lowest BCUT2D eigenvalue weighted by Crippen LogP contribution is -2.42. The Hall–Kier alpha value is -1.56. The molecule has 6 nitrogen and oxygen atoms in total. The van der Waals surface area contributed by atoms with Gasteiger partial charge in [-0.15, -0.1) is 0 Å². The number of carbonyl (C=O) groups excluding carboxylic acids is 1. The van der Waals surface area contributed by atoms with Crippen molar-refractivity contribution < 1.29 is 9.53 Å². The number of hydrogen-bond donors (Lipinski definition) is 1. The number of anilines is 2. The van der Waals surface area contributed by atoms with E-state index in [0.717, 1.165) is 25.7 Å². The van der Waals surface area contributed by atoms with E-state index < -0.39 is 5.41 Å². The maximum absolute atomic E-state index is 12.1. The Labute approximate surface area is 135 Å². The van der Waals surface area contributed by atoms with Crippen molar-refractivity contribution in [3.05, 3.63) is 11.5 Å². The average molecular weight is 325 g/mol. The molecule has 0 atom stereocenters. The van der Waals surface area contributed by atoms with Gasteiger partial charge in [-0.2, -0.15) is 4.98 Å². The molecule has 3 rings (SSSR count). The quantitative estimate of drug-likeness (QED) is 0.661. The molecule has 22 heavy (non-hydrogen) atoms. The third-order valence-corrected chi connectivity index (χ3v) is 4.93. The summed E-state index contributed by atoms with van der Waals surface area (Å²) in [4.78, 5) is 22.5. The highest BCUT2D eigenvalue weighted by atomic mass is 35.5. The second-order valence-electron chi connectivity index (χ2n) is 6.26. The molecule has 0 unspecified atom stereocenters. The van der Waals surface area contributed by atoms with Crippen LogP contribution in [0.4, 0.5) is 11.5 Å². The summed E-state index contributed by atoms with van der Waals surface area (Å²) in [6.45, 7) is 0.585. The zero-order valence-electron chi connectivity index (χ0n) is 12.7. The molecule has 7 heteroatoms. The Bertz CT molecular complexity index is 571. The molecule has 0 spiro atoms. The maximum Gasteiger partial charge on any atom is 0.313 e. The monoisotopic (exact) mass is 324 g/mol. The number of nitrogens with two attached hydrogens (primary N) is 1. The number of nitrogen functional groups attached to an aromatic ring is 1. The lowest BCUT2D eigenvalue weighted by molar-refractivity contribution is -0.146. The summed E-state index contributed by atoms with van der Waals surface area (Å²) in [5, 5.41) is 0.176. The predicted molar refractivity (Wildman–Crippen MR) is 84.7 cm³/mol. The smallest absolute Gasteiger partial charge is 0.313 e. The topological polar surface area (TPSA) is 81.3 Å². The van der Waals surface area contributed by atoms with Gasteiger partial charge in [0.25, 0.3) is 0 Å². The summed E-state index contributed by atoms with van der Waals surface area (Å²) >= 11 is 5.95. The molecule has 120 valence electrons. The van der Waals surface area contributed by atoms with E-state index in [2.05, 4.69) is 14.9 Å².